The molecule has 0 fully saturated rings. The highest BCUT2D eigenvalue weighted by Crippen LogP contribution is 2.21. The van der Waals surface area contributed by atoms with Crippen LogP contribution in [0.3, 0.4) is 0 Å². The maximum absolute atomic E-state index is 12.5. The standard InChI is InChI=1S/C17H17ClN2O4S/c1-12(21)13-7-9-14(10-8-13)25(23,24)20(2)11-17(22)19-16-6-4-3-5-15(16)18/h3-10H,11H2,1-2H3,(H,19,22). The molecule has 0 radical (unpaired) electrons. The minimum absolute atomic E-state index is 0.00513. The average molecular weight is 381 g/mol. The van der Waals surface area contributed by atoms with Gasteiger partial charge in [0.05, 0.1) is 22.2 Å². The summed E-state index contributed by atoms with van der Waals surface area (Å²) in [6.07, 6.45) is 0. The average Bonchev–Trinajstić information content (AvgIpc) is 2.57. The summed E-state index contributed by atoms with van der Waals surface area (Å²) in [6, 6.07) is 12.2. The summed E-state index contributed by atoms with van der Waals surface area (Å²) in [5, 5.41) is 2.93. The molecule has 8 heteroatoms. The van der Waals surface area contributed by atoms with Gasteiger partial charge in [-0.25, -0.2) is 8.42 Å². The Labute approximate surface area is 151 Å². The second-order valence-electron chi connectivity index (χ2n) is 5.37. The molecule has 0 spiro atoms. The smallest absolute Gasteiger partial charge is 0.243 e. The number of hydrogen-bond donors (Lipinski definition) is 1. The molecular formula is C17H17ClN2O4S. The Balaban J connectivity index is 2.10. The molecule has 132 valence electrons. The molecule has 2 aromatic rings. The van der Waals surface area contributed by atoms with Crippen LogP contribution in [0.2, 0.25) is 5.02 Å². The number of halogens is 1. The quantitative estimate of drug-likeness (QED) is 0.781. The number of para-hydroxylation sites is 1. The van der Waals surface area contributed by atoms with E-state index in [0.29, 0.717) is 16.3 Å². The third-order valence-corrected chi connectivity index (χ3v) is 5.63. The molecule has 1 N–H and O–H groups in total. The second-order valence-corrected chi connectivity index (χ2v) is 7.82. The molecule has 0 unspecified atom stereocenters. The topological polar surface area (TPSA) is 83.6 Å². The Kier molecular flexibility index (Phi) is 5.94. The van der Waals surface area contributed by atoms with Gasteiger partial charge in [-0.1, -0.05) is 35.9 Å². The van der Waals surface area contributed by atoms with Crippen LogP contribution in [0.4, 0.5) is 5.69 Å². The number of rotatable bonds is 6. The van der Waals surface area contributed by atoms with E-state index in [1.165, 1.54) is 38.2 Å². The van der Waals surface area contributed by atoms with Crippen LogP contribution >= 0.6 is 11.6 Å². The van der Waals surface area contributed by atoms with Crippen LogP contribution in [-0.2, 0) is 14.8 Å². The third kappa shape index (κ3) is 4.66. The lowest BCUT2D eigenvalue weighted by molar-refractivity contribution is -0.116. The van der Waals surface area contributed by atoms with Crippen LogP contribution in [0.15, 0.2) is 53.4 Å². The fourth-order valence-electron chi connectivity index (χ4n) is 2.08. The van der Waals surface area contributed by atoms with E-state index in [9.17, 15) is 18.0 Å². The van der Waals surface area contributed by atoms with Gasteiger partial charge in [-0.2, -0.15) is 4.31 Å². The first kappa shape index (κ1) is 19.1. The number of sulfonamides is 1. The van der Waals surface area contributed by atoms with Gasteiger partial charge in [-0.05, 0) is 31.2 Å². The molecular weight excluding hydrogens is 364 g/mol. The Bertz CT molecular complexity index is 895. The molecule has 0 aromatic heterocycles. The zero-order valence-electron chi connectivity index (χ0n) is 13.7. The molecule has 25 heavy (non-hydrogen) atoms. The molecule has 0 aliphatic carbocycles. The van der Waals surface area contributed by atoms with Crippen molar-refractivity contribution in [1.82, 2.24) is 4.31 Å². The first-order valence-corrected chi connectivity index (χ1v) is 9.15. The van der Waals surface area contributed by atoms with Crippen molar-refractivity contribution in [3.63, 3.8) is 0 Å². The number of ketones is 1. The van der Waals surface area contributed by atoms with Gasteiger partial charge in [0.2, 0.25) is 15.9 Å². The molecule has 1 amide bonds. The molecule has 0 heterocycles. The Morgan fingerprint density at radius 3 is 2.24 bits per heavy atom. The van der Waals surface area contributed by atoms with Gasteiger partial charge in [-0.15, -0.1) is 0 Å². The van der Waals surface area contributed by atoms with Gasteiger partial charge in [0.1, 0.15) is 0 Å². The van der Waals surface area contributed by atoms with Crippen molar-refractivity contribution in [2.24, 2.45) is 0 Å². The van der Waals surface area contributed by atoms with Gasteiger partial charge in [0.25, 0.3) is 0 Å². The number of anilines is 1. The molecule has 2 rings (SSSR count). The van der Waals surface area contributed by atoms with E-state index in [1.807, 2.05) is 0 Å². The summed E-state index contributed by atoms with van der Waals surface area (Å²) >= 11 is 5.96. The van der Waals surface area contributed by atoms with Gasteiger partial charge in [0.15, 0.2) is 5.78 Å². The summed E-state index contributed by atoms with van der Waals surface area (Å²) in [6.45, 7) is 1.02. The number of nitrogens with zero attached hydrogens (tertiary/aromatic N) is 1. The van der Waals surface area contributed by atoms with Gasteiger partial charge in [-0.3, -0.25) is 9.59 Å². The van der Waals surface area contributed by atoms with Crippen LogP contribution in [0.25, 0.3) is 0 Å². The molecule has 0 saturated heterocycles. The Morgan fingerprint density at radius 2 is 1.68 bits per heavy atom. The summed E-state index contributed by atoms with van der Waals surface area (Å²) in [4.78, 5) is 23.3. The van der Waals surface area contributed by atoms with Crippen LogP contribution in [0, 0.1) is 0 Å². The van der Waals surface area contributed by atoms with Crippen LogP contribution < -0.4 is 5.32 Å². The monoisotopic (exact) mass is 380 g/mol. The molecule has 0 aliphatic heterocycles. The summed E-state index contributed by atoms with van der Waals surface area (Å²) in [5.41, 5.74) is 0.823. The highest BCUT2D eigenvalue weighted by molar-refractivity contribution is 7.89. The van der Waals surface area contributed by atoms with Gasteiger partial charge < -0.3 is 5.32 Å². The highest BCUT2D eigenvalue weighted by Gasteiger charge is 2.23. The predicted octanol–water partition coefficient (Wildman–Crippen LogP) is 2.80. The van der Waals surface area contributed by atoms with E-state index in [-0.39, 0.29) is 17.2 Å². The largest absolute Gasteiger partial charge is 0.324 e. The first-order chi connectivity index (χ1) is 11.7. The van der Waals surface area contributed by atoms with Crippen LogP contribution in [0.1, 0.15) is 17.3 Å². The SMILES string of the molecule is CC(=O)c1ccc(S(=O)(=O)N(C)CC(=O)Nc2ccccc2Cl)cc1. The summed E-state index contributed by atoms with van der Waals surface area (Å²) in [7, 11) is -2.54. The van der Waals surface area contributed by atoms with Crippen molar-refractivity contribution < 1.29 is 18.0 Å². The van der Waals surface area contributed by atoms with Crippen molar-refractivity contribution in [1.29, 1.82) is 0 Å². The zero-order valence-corrected chi connectivity index (χ0v) is 15.3. The van der Waals surface area contributed by atoms with E-state index in [2.05, 4.69) is 5.32 Å². The molecule has 2 aromatic carbocycles. The van der Waals surface area contributed by atoms with E-state index in [0.717, 1.165) is 4.31 Å². The van der Waals surface area contributed by atoms with Gasteiger partial charge in [0, 0.05) is 12.6 Å². The van der Waals surface area contributed by atoms with Crippen molar-refractivity contribution in [3.8, 4) is 0 Å². The Morgan fingerprint density at radius 1 is 1.08 bits per heavy atom. The van der Waals surface area contributed by atoms with E-state index in [4.69, 9.17) is 11.6 Å². The van der Waals surface area contributed by atoms with Crippen LogP contribution in [0.5, 0.6) is 0 Å². The van der Waals surface area contributed by atoms with Crippen LogP contribution in [-0.4, -0.2) is 38.0 Å². The lowest BCUT2D eigenvalue weighted by Gasteiger charge is -2.17. The minimum atomic E-state index is -3.85. The van der Waals surface area contributed by atoms with Crippen molar-refractivity contribution in [2.75, 3.05) is 18.9 Å². The Hall–Kier alpha value is -2.22. The number of Topliss-reactive ketones (excluding diaryl/α,β-unsaturated/α-hetero) is 1. The molecule has 0 bridgehead atoms. The molecule has 0 saturated carbocycles. The lowest BCUT2D eigenvalue weighted by Crippen LogP contribution is -2.35. The fraction of sp³-hybridized carbons (Fsp3) is 0.176. The van der Waals surface area contributed by atoms with Gasteiger partial charge >= 0.3 is 0 Å². The lowest BCUT2D eigenvalue weighted by atomic mass is 10.2. The maximum Gasteiger partial charge on any atom is 0.243 e. The molecule has 6 nitrogen and oxygen atoms in total. The van der Waals surface area contributed by atoms with Crippen molar-refractivity contribution in [3.05, 3.63) is 59.1 Å². The number of carbonyl (C=O) groups is 2. The highest BCUT2D eigenvalue weighted by atomic mass is 35.5. The maximum atomic E-state index is 12.5. The second kappa shape index (κ2) is 7.77. The van der Waals surface area contributed by atoms with E-state index in [1.54, 1.807) is 24.3 Å². The summed E-state index contributed by atoms with van der Waals surface area (Å²) < 4.78 is 25.9. The molecule has 0 aliphatic rings. The number of carbonyl (C=O) groups excluding carboxylic acids is 2. The number of likely N-dealkylation sites (N-methyl/N-ethyl adjacent to an activating group) is 1. The van der Waals surface area contributed by atoms with Crippen molar-refractivity contribution in [2.45, 2.75) is 11.8 Å². The summed E-state index contributed by atoms with van der Waals surface area (Å²) in [5.74, 6) is -0.670. The normalized spacial score (nSPS) is 11.4. The third-order valence-electron chi connectivity index (χ3n) is 3.48. The molecule has 0 atom stereocenters. The van der Waals surface area contributed by atoms with Crippen molar-refractivity contribution >= 4 is 39.0 Å². The first-order valence-electron chi connectivity index (χ1n) is 7.33. The number of nitrogens with one attached hydrogen (secondary N) is 1. The predicted molar refractivity (Wildman–Crippen MR) is 96.3 cm³/mol. The number of benzene rings is 2. The number of amides is 1. The van der Waals surface area contributed by atoms with E-state index < -0.39 is 15.9 Å². The number of hydrogen-bond acceptors (Lipinski definition) is 4. The zero-order chi connectivity index (χ0) is 18.6. The fourth-order valence-corrected chi connectivity index (χ4v) is 3.39. The minimum Gasteiger partial charge on any atom is -0.324 e. The van der Waals surface area contributed by atoms with E-state index >= 15 is 0 Å².